The monoisotopic (exact) mass is 316 g/mol. The van der Waals surface area contributed by atoms with Crippen molar-refractivity contribution >= 4 is 17.5 Å². The molecule has 7 heteroatoms. The fraction of sp³-hybridized carbons (Fsp3) is 0.312. The lowest BCUT2D eigenvalue weighted by molar-refractivity contribution is -0.129. The van der Waals surface area contributed by atoms with Crippen molar-refractivity contribution in [2.24, 2.45) is 0 Å². The van der Waals surface area contributed by atoms with Gasteiger partial charge in [0, 0.05) is 27.4 Å². The van der Waals surface area contributed by atoms with E-state index in [9.17, 15) is 9.59 Å². The molecule has 0 radical (unpaired) electrons. The number of anilines is 1. The summed E-state index contributed by atoms with van der Waals surface area (Å²) in [5, 5.41) is 6.81. The van der Waals surface area contributed by atoms with E-state index in [0.717, 1.165) is 5.56 Å². The molecule has 0 spiro atoms. The van der Waals surface area contributed by atoms with E-state index in [0.29, 0.717) is 5.69 Å². The lowest BCUT2D eigenvalue weighted by Crippen LogP contribution is -2.26. The molecule has 1 heterocycles. The maximum absolute atomic E-state index is 12.3. The van der Waals surface area contributed by atoms with E-state index < -0.39 is 6.10 Å². The Morgan fingerprint density at radius 1 is 1.30 bits per heavy atom. The summed E-state index contributed by atoms with van der Waals surface area (Å²) in [6.07, 6.45) is 2.40. The first-order chi connectivity index (χ1) is 11.0. The van der Waals surface area contributed by atoms with E-state index in [4.69, 9.17) is 4.74 Å². The van der Waals surface area contributed by atoms with Crippen LogP contribution in [-0.4, -0.2) is 47.7 Å². The first-order valence-electron chi connectivity index (χ1n) is 7.12. The third-order valence-electron chi connectivity index (χ3n) is 3.27. The van der Waals surface area contributed by atoms with Gasteiger partial charge in [-0.1, -0.05) is 30.3 Å². The van der Waals surface area contributed by atoms with Gasteiger partial charge in [-0.3, -0.25) is 14.3 Å². The summed E-state index contributed by atoms with van der Waals surface area (Å²) < 4.78 is 6.75. The second-order valence-electron chi connectivity index (χ2n) is 5.23. The minimum absolute atomic E-state index is 0.0787. The first-order valence-corrected chi connectivity index (χ1v) is 7.12. The number of methoxy groups -OCH3 is 1. The molecule has 0 aliphatic rings. The van der Waals surface area contributed by atoms with Crippen molar-refractivity contribution in [2.45, 2.75) is 12.6 Å². The molecule has 0 saturated carbocycles. The summed E-state index contributed by atoms with van der Waals surface area (Å²) in [5.41, 5.74) is 1.28. The molecule has 0 saturated heterocycles. The van der Waals surface area contributed by atoms with Gasteiger partial charge in [-0.15, -0.1) is 0 Å². The maximum Gasteiger partial charge on any atom is 0.258 e. The number of ether oxygens (including phenoxy) is 1. The quantitative estimate of drug-likeness (QED) is 0.871. The molecule has 7 nitrogen and oxygen atoms in total. The fourth-order valence-electron chi connectivity index (χ4n) is 2.02. The molecular weight excluding hydrogens is 296 g/mol. The van der Waals surface area contributed by atoms with Crippen LogP contribution in [0.2, 0.25) is 0 Å². The van der Waals surface area contributed by atoms with Crippen molar-refractivity contribution < 1.29 is 14.3 Å². The van der Waals surface area contributed by atoms with Crippen LogP contribution in [0.1, 0.15) is 11.7 Å². The molecule has 0 fully saturated rings. The molecule has 2 rings (SSSR count). The molecule has 0 aliphatic carbocycles. The number of nitrogens with zero attached hydrogens (tertiary/aromatic N) is 3. The Morgan fingerprint density at radius 3 is 2.61 bits per heavy atom. The summed E-state index contributed by atoms with van der Waals surface area (Å²) in [5.74, 6) is -0.373. The predicted molar refractivity (Wildman–Crippen MR) is 85.7 cm³/mol. The molecule has 1 aromatic carbocycles. The van der Waals surface area contributed by atoms with E-state index in [1.807, 2.05) is 30.3 Å². The van der Waals surface area contributed by atoms with Crippen molar-refractivity contribution in [1.29, 1.82) is 0 Å². The number of carbonyl (C=O) groups is 2. The van der Waals surface area contributed by atoms with Crippen LogP contribution in [0, 0.1) is 0 Å². The van der Waals surface area contributed by atoms with Crippen molar-refractivity contribution in [1.82, 2.24) is 14.7 Å². The number of rotatable bonds is 6. The standard InChI is InChI=1S/C16H20N4O3/c1-19(2)14(21)11-20-10-13(9-17-20)18-16(22)15(23-3)12-7-5-4-6-8-12/h4-10,15H,11H2,1-3H3,(H,18,22). The number of aromatic nitrogens is 2. The molecule has 0 bridgehead atoms. The summed E-state index contributed by atoms with van der Waals surface area (Å²) in [4.78, 5) is 25.5. The number of hydrogen-bond donors (Lipinski definition) is 1. The van der Waals surface area contributed by atoms with Crippen LogP contribution in [0.15, 0.2) is 42.7 Å². The topological polar surface area (TPSA) is 76.5 Å². The fourth-order valence-corrected chi connectivity index (χ4v) is 2.02. The van der Waals surface area contributed by atoms with E-state index in [1.165, 1.54) is 22.9 Å². The Morgan fingerprint density at radius 2 is 2.00 bits per heavy atom. The zero-order valence-corrected chi connectivity index (χ0v) is 13.4. The molecule has 0 aliphatic heterocycles. The number of benzene rings is 1. The van der Waals surface area contributed by atoms with Gasteiger partial charge in [0.1, 0.15) is 6.54 Å². The molecule has 23 heavy (non-hydrogen) atoms. The number of likely N-dealkylation sites (N-methyl/N-ethyl adjacent to an activating group) is 1. The van der Waals surface area contributed by atoms with Gasteiger partial charge in [-0.25, -0.2) is 0 Å². The Kier molecular flexibility index (Phi) is 5.48. The highest BCUT2D eigenvalue weighted by molar-refractivity contribution is 5.94. The SMILES string of the molecule is COC(C(=O)Nc1cnn(CC(=O)N(C)C)c1)c1ccccc1. The van der Waals surface area contributed by atoms with E-state index in [-0.39, 0.29) is 18.4 Å². The molecule has 1 unspecified atom stereocenters. The molecule has 2 aromatic rings. The smallest absolute Gasteiger partial charge is 0.258 e. The van der Waals surface area contributed by atoms with Gasteiger partial charge in [0.2, 0.25) is 5.91 Å². The molecule has 1 atom stereocenters. The van der Waals surface area contributed by atoms with Gasteiger partial charge in [0.25, 0.3) is 5.91 Å². The molecular formula is C16H20N4O3. The first kappa shape index (κ1) is 16.7. The highest BCUT2D eigenvalue weighted by atomic mass is 16.5. The van der Waals surface area contributed by atoms with Gasteiger partial charge in [-0.2, -0.15) is 5.10 Å². The van der Waals surface area contributed by atoms with Crippen LogP contribution >= 0.6 is 0 Å². The van der Waals surface area contributed by atoms with Crippen LogP contribution in [0.3, 0.4) is 0 Å². The number of nitrogens with one attached hydrogen (secondary N) is 1. The highest BCUT2D eigenvalue weighted by Crippen LogP contribution is 2.18. The third-order valence-corrected chi connectivity index (χ3v) is 3.27. The number of hydrogen-bond acceptors (Lipinski definition) is 4. The van der Waals surface area contributed by atoms with E-state index in [2.05, 4.69) is 10.4 Å². The average molecular weight is 316 g/mol. The highest BCUT2D eigenvalue weighted by Gasteiger charge is 2.20. The molecule has 122 valence electrons. The van der Waals surface area contributed by atoms with Crippen LogP contribution in [0.4, 0.5) is 5.69 Å². The van der Waals surface area contributed by atoms with Crippen molar-refractivity contribution in [3.05, 3.63) is 48.3 Å². The molecule has 2 amide bonds. The van der Waals surface area contributed by atoms with E-state index >= 15 is 0 Å². The Balaban J connectivity index is 2.02. The van der Waals surface area contributed by atoms with Crippen LogP contribution in [-0.2, 0) is 20.9 Å². The summed E-state index contributed by atoms with van der Waals surface area (Å²) in [6, 6.07) is 9.22. The van der Waals surface area contributed by atoms with Crippen LogP contribution < -0.4 is 5.32 Å². The average Bonchev–Trinajstić information content (AvgIpc) is 2.96. The minimum atomic E-state index is -0.706. The van der Waals surface area contributed by atoms with Gasteiger partial charge >= 0.3 is 0 Å². The van der Waals surface area contributed by atoms with Gasteiger partial charge in [-0.05, 0) is 5.56 Å². The molecule has 1 aromatic heterocycles. The Bertz CT molecular complexity index is 667. The zero-order valence-electron chi connectivity index (χ0n) is 13.4. The van der Waals surface area contributed by atoms with Crippen molar-refractivity contribution in [3.8, 4) is 0 Å². The van der Waals surface area contributed by atoms with Gasteiger partial charge in [0.05, 0.1) is 11.9 Å². The second kappa shape index (κ2) is 7.55. The van der Waals surface area contributed by atoms with Crippen molar-refractivity contribution in [2.75, 3.05) is 26.5 Å². The third kappa shape index (κ3) is 4.40. The van der Waals surface area contributed by atoms with Crippen molar-refractivity contribution in [3.63, 3.8) is 0 Å². The Labute approximate surface area is 134 Å². The Hall–Kier alpha value is -2.67. The normalized spacial score (nSPS) is 11.8. The zero-order chi connectivity index (χ0) is 16.8. The molecule has 1 N–H and O–H groups in total. The summed E-state index contributed by atoms with van der Waals surface area (Å²) in [7, 11) is 4.84. The lowest BCUT2D eigenvalue weighted by atomic mass is 10.1. The van der Waals surface area contributed by atoms with E-state index in [1.54, 1.807) is 20.3 Å². The van der Waals surface area contributed by atoms with Crippen LogP contribution in [0.25, 0.3) is 0 Å². The van der Waals surface area contributed by atoms with Crippen LogP contribution in [0.5, 0.6) is 0 Å². The summed E-state index contributed by atoms with van der Waals surface area (Å²) >= 11 is 0. The van der Waals surface area contributed by atoms with Gasteiger partial charge in [0.15, 0.2) is 6.10 Å². The maximum atomic E-state index is 12.3. The van der Waals surface area contributed by atoms with Gasteiger partial charge < -0.3 is 15.0 Å². The largest absolute Gasteiger partial charge is 0.367 e. The summed E-state index contributed by atoms with van der Waals surface area (Å²) in [6.45, 7) is 0.120. The number of carbonyl (C=O) groups excluding carboxylic acids is 2. The number of amides is 2. The second-order valence-corrected chi connectivity index (χ2v) is 5.23. The lowest BCUT2D eigenvalue weighted by Gasteiger charge is -2.14. The minimum Gasteiger partial charge on any atom is -0.367 e. The predicted octanol–water partition coefficient (Wildman–Crippen LogP) is 1.30.